The first-order valence-electron chi connectivity index (χ1n) is 8.15. The summed E-state index contributed by atoms with van der Waals surface area (Å²) in [4.78, 5) is 45.5. The third-order valence-corrected chi connectivity index (χ3v) is 6.47. The Hall–Kier alpha value is -2.25. The van der Waals surface area contributed by atoms with Crippen molar-refractivity contribution in [3.05, 3.63) is 26.7 Å². The van der Waals surface area contributed by atoms with E-state index in [4.69, 9.17) is 0 Å². The number of hydrogen-bond acceptors (Lipinski definition) is 10. The predicted octanol–water partition coefficient (Wildman–Crippen LogP) is 1.03. The van der Waals surface area contributed by atoms with Crippen LogP contribution in [-0.4, -0.2) is 46.7 Å². The minimum absolute atomic E-state index is 0.0212. The summed E-state index contributed by atoms with van der Waals surface area (Å²) in [6, 6.07) is 0. The number of aryl methyl sites for hydroxylation is 2. The molecule has 148 valence electrons. The first kappa shape index (κ1) is 20.5. The van der Waals surface area contributed by atoms with Crippen molar-refractivity contribution in [2.75, 3.05) is 16.8 Å². The Balaban J connectivity index is 1.85. The summed E-state index contributed by atoms with van der Waals surface area (Å²) in [5.74, 6) is 1.01. The van der Waals surface area contributed by atoms with E-state index < -0.39 is 11.2 Å². The number of anilines is 1. The van der Waals surface area contributed by atoms with E-state index in [1.165, 1.54) is 23.0 Å². The van der Waals surface area contributed by atoms with Gasteiger partial charge < -0.3 is 0 Å². The minimum Gasteiger partial charge on any atom is -0.300 e. The topological polar surface area (TPSA) is 125 Å². The van der Waals surface area contributed by atoms with Crippen molar-refractivity contribution in [3.63, 3.8) is 0 Å². The molecule has 0 radical (unpaired) electrons. The molecule has 13 heteroatoms. The van der Waals surface area contributed by atoms with Crippen LogP contribution in [0, 0.1) is 6.92 Å². The smallest absolute Gasteiger partial charge is 0.300 e. The Labute approximate surface area is 171 Å². The largest absolute Gasteiger partial charge is 0.332 e. The molecule has 0 aliphatic heterocycles. The molecule has 3 rings (SSSR count). The number of amides is 1. The second-order valence-electron chi connectivity index (χ2n) is 5.62. The maximum absolute atomic E-state index is 12.6. The fraction of sp³-hybridized carbons (Fsp3) is 0.400. The van der Waals surface area contributed by atoms with Crippen LogP contribution < -0.4 is 16.6 Å². The number of aromatic nitrogens is 6. The average Bonchev–Trinajstić information content (AvgIpc) is 3.09. The van der Waals surface area contributed by atoms with E-state index in [2.05, 4.69) is 25.5 Å². The summed E-state index contributed by atoms with van der Waals surface area (Å²) in [7, 11) is 2.94. The molecular weight excluding hydrogens is 422 g/mol. The molecule has 1 amide bonds. The van der Waals surface area contributed by atoms with Crippen LogP contribution in [0.4, 0.5) is 5.13 Å². The lowest BCUT2D eigenvalue weighted by Gasteiger charge is -2.10. The number of rotatable bonds is 6. The summed E-state index contributed by atoms with van der Waals surface area (Å²) in [5.41, 5.74) is -0.721. The van der Waals surface area contributed by atoms with Crippen molar-refractivity contribution in [2.24, 2.45) is 14.1 Å². The molecule has 0 aromatic carbocycles. The van der Waals surface area contributed by atoms with Gasteiger partial charge >= 0.3 is 5.69 Å². The van der Waals surface area contributed by atoms with Gasteiger partial charge in [-0.25, -0.2) is 14.8 Å². The molecular formula is C15H17N7O3S3. The molecule has 3 aromatic heterocycles. The van der Waals surface area contributed by atoms with Gasteiger partial charge in [-0.1, -0.05) is 41.8 Å². The first-order chi connectivity index (χ1) is 13.3. The van der Waals surface area contributed by atoms with Crippen molar-refractivity contribution in [2.45, 2.75) is 23.2 Å². The van der Waals surface area contributed by atoms with Gasteiger partial charge in [-0.05, 0) is 12.7 Å². The molecule has 0 fully saturated rings. The molecule has 10 nitrogen and oxygen atoms in total. The van der Waals surface area contributed by atoms with Crippen molar-refractivity contribution >= 4 is 56.9 Å². The van der Waals surface area contributed by atoms with Crippen LogP contribution >= 0.6 is 34.9 Å². The summed E-state index contributed by atoms with van der Waals surface area (Å²) in [5, 5.41) is 11.6. The van der Waals surface area contributed by atoms with Gasteiger partial charge in [-0.2, -0.15) is 0 Å². The van der Waals surface area contributed by atoms with E-state index in [0.29, 0.717) is 16.0 Å². The molecule has 0 atom stereocenters. The predicted molar refractivity (Wildman–Crippen MR) is 110 cm³/mol. The van der Waals surface area contributed by atoms with Crippen LogP contribution in [0.25, 0.3) is 11.0 Å². The fourth-order valence-electron chi connectivity index (χ4n) is 2.37. The van der Waals surface area contributed by atoms with Crippen molar-refractivity contribution < 1.29 is 4.79 Å². The Morgan fingerprint density at radius 2 is 1.89 bits per heavy atom. The zero-order valence-electron chi connectivity index (χ0n) is 15.5. The van der Waals surface area contributed by atoms with Crippen molar-refractivity contribution in [1.82, 2.24) is 29.3 Å². The number of carbonyl (C=O) groups is 1. The number of fused-ring (bicyclic) bond motifs is 1. The maximum Gasteiger partial charge on any atom is 0.332 e. The van der Waals surface area contributed by atoms with Crippen LogP contribution in [0.3, 0.4) is 0 Å². The van der Waals surface area contributed by atoms with Crippen LogP contribution in [0.15, 0.2) is 19.0 Å². The molecule has 3 heterocycles. The van der Waals surface area contributed by atoms with Gasteiger partial charge in [0, 0.05) is 14.1 Å². The van der Waals surface area contributed by atoms with E-state index in [1.807, 2.05) is 6.92 Å². The van der Waals surface area contributed by atoms with Gasteiger partial charge in [0.05, 0.1) is 5.75 Å². The molecule has 0 unspecified atom stereocenters. The summed E-state index contributed by atoms with van der Waals surface area (Å²) in [6.07, 6.45) is 0. The van der Waals surface area contributed by atoms with Crippen LogP contribution in [0.2, 0.25) is 0 Å². The van der Waals surface area contributed by atoms with Gasteiger partial charge in [0.1, 0.15) is 16.2 Å². The van der Waals surface area contributed by atoms with Gasteiger partial charge in [0.2, 0.25) is 11.0 Å². The molecule has 1 N–H and O–H groups in total. The highest BCUT2D eigenvalue weighted by molar-refractivity contribution is 8.01. The lowest BCUT2D eigenvalue weighted by molar-refractivity contribution is -0.113. The monoisotopic (exact) mass is 439 g/mol. The Bertz CT molecular complexity index is 1170. The van der Waals surface area contributed by atoms with Crippen molar-refractivity contribution in [3.8, 4) is 0 Å². The van der Waals surface area contributed by atoms with Crippen LogP contribution in [-0.2, 0) is 18.9 Å². The highest BCUT2D eigenvalue weighted by Gasteiger charge is 2.17. The van der Waals surface area contributed by atoms with E-state index in [-0.39, 0.29) is 22.7 Å². The Kier molecular flexibility index (Phi) is 6.15. The van der Waals surface area contributed by atoms with E-state index in [1.54, 1.807) is 25.7 Å². The second kappa shape index (κ2) is 8.41. The van der Waals surface area contributed by atoms with Gasteiger partial charge in [0.15, 0.2) is 9.99 Å². The van der Waals surface area contributed by atoms with Crippen molar-refractivity contribution in [1.29, 1.82) is 0 Å². The van der Waals surface area contributed by atoms with Gasteiger partial charge in [-0.15, -0.1) is 10.2 Å². The SMILES string of the molecule is CCSc1nnc(NC(=O)CSc2nc(C)nc3c2c(=O)n(C)c(=O)n3C)s1. The van der Waals surface area contributed by atoms with Gasteiger partial charge in [-0.3, -0.25) is 24.0 Å². The molecule has 0 saturated heterocycles. The van der Waals surface area contributed by atoms with Crippen LogP contribution in [0.1, 0.15) is 12.7 Å². The lowest BCUT2D eigenvalue weighted by atomic mass is 10.4. The number of nitrogens with zero attached hydrogens (tertiary/aromatic N) is 6. The zero-order valence-corrected chi connectivity index (χ0v) is 18.0. The highest BCUT2D eigenvalue weighted by atomic mass is 32.2. The van der Waals surface area contributed by atoms with E-state index in [0.717, 1.165) is 26.4 Å². The number of carbonyl (C=O) groups excluding carboxylic acids is 1. The van der Waals surface area contributed by atoms with E-state index in [9.17, 15) is 14.4 Å². The minimum atomic E-state index is -0.494. The summed E-state index contributed by atoms with van der Waals surface area (Å²) >= 11 is 3.96. The van der Waals surface area contributed by atoms with E-state index >= 15 is 0 Å². The normalized spacial score (nSPS) is 11.1. The molecule has 3 aromatic rings. The first-order valence-corrected chi connectivity index (χ1v) is 10.9. The quantitative estimate of drug-likeness (QED) is 0.340. The number of thioether (sulfide) groups is 2. The molecule has 28 heavy (non-hydrogen) atoms. The maximum atomic E-state index is 12.6. The van der Waals surface area contributed by atoms with Crippen LogP contribution in [0.5, 0.6) is 0 Å². The number of hydrogen-bond donors (Lipinski definition) is 1. The second-order valence-corrected chi connectivity index (χ2v) is 9.08. The van der Waals surface area contributed by atoms with Gasteiger partial charge in [0.25, 0.3) is 5.56 Å². The number of nitrogens with one attached hydrogen (secondary N) is 1. The average molecular weight is 440 g/mol. The summed E-state index contributed by atoms with van der Waals surface area (Å²) < 4.78 is 3.08. The molecule has 0 spiro atoms. The highest BCUT2D eigenvalue weighted by Crippen LogP contribution is 2.26. The molecule has 0 bridgehead atoms. The third kappa shape index (κ3) is 4.10. The summed E-state index contributed by atoms with van der Waals surface area (Å²) in [6.45, 7) is 3.68. The lowest BCUT2D eigenvalue weighted by Crippen LogP contribution is -2.37. The Morgan fingerprint density at radius 3 is 2.61 bits per heavy atom. The molecule has 0 aliphatic carbocycles. The third-order valence-electron chi connectivity index (χ3n) is 3.64. The molecule has 0 aliphatic rings. The standard InChI is InChI=1S/C15H17N7O3S3/c1-5-26-14-20-19-13(28-14)18-8(23)6-27-11-9-10(16-7(2)17-11)21(3)15(25)22(4)12(9)24/h5-6H2,1-4H3,(H,18,19,23). The Morgan fingerprint density at radius 1 is 1.14 bits per heavy atom. The zero-order chi connectivity index (χ0) is 20.4. The molecule has 0 saturated carbocycles. The fourth-order valence-corrected chi connectivity index (χ4v) is 4.89.